The number of likely N-dealkylation sites (N-methyl/N-ethyl adjacent to an activating group) is 1. The van der Waals surface area contributed by atoms with Gasteiger partial charge in [0.15, 0.2) is 0 Å². The normalized spacial score (nSPS) is 13.5. The van der Waals surface area contributed by atoms with Gasteiger partial charge in [0, 0.05) is 12.6 Å². The van der Waals surface area contributed by atoms with Crippen molar-refractivity contribution in [1.82, 2.24) is 15.5 Å². The molecule has 8 heteroatoms. The topological polar surface area (TPSA) is 108 Å². The highest BCUT2D eigenvalue weighted by Crippen LogP contribution is 2.27. The van der Waals surface area contributed by atoms with Crippen molar-refractivity contribution in [2.45, 2.75) is 86.0 Å². The first-order valence-corrected chi connectivity index (χ1v) is 11.1. The zero-order valence-corrected chi connectivity index (χ0v) is 20.8. The minimum atomic E-state index is -0.920. The molecule has 2 unspecified atom stereocenters. The van der Waals surface area contributed by atoms with Crippen LogP contribution in [0.1, 0.15) is 72.6 Å². The van der Waals surface area contributed by atoms with Gasteiger partial charge in [0.2, 0.25) is 11.8 Å². The number of aromatic hydroxyl groups is 1. The molecule has 0 spiro atoms. The summed E-state index contributed by atoms with van der Waals surface area (Å²) < 4.78 is 5.33. The van der Waals surface area contributed by atoms with E-state index in [4.69, 9.17) is 4.74 Å². The molecule has 32 heavy (non-hydrogen) atoms. The lowest BCUT2D eigenvalue weighted by atomic mass is 9.97. The monoisotopic (exact) mass is 449 g/mol. The zero-order chi connectivity index (χ0) is 24.8. The third-order valence-corrected chi connectivity index (χ3v) is 4.76. The summed E-state index contributed by atoms with van der Waals surface area (Å²) >= 11 is 0. The van der Waals surface area contributed by atoms with Gasteiger partial charge in [0.1, 0.15) is 23.4 Å². The van der Waals surface area contributed by atoms with Gasteiger partial charge in [-0.05, 0) is 77.6 Å². The molecule has 180 valence electrons. The van der Waals surface area contributed by atoms with Gasteiger partial charge in [-0.15, -0.1) is 0 Å². The zero-order valence-electron chi connectivity index (χ0n) is 20.8. The van der Waals surface area contributed by atoms with Gasteiger partial charge < -0.3 is 25.4 Å². The first-order chi connectivity index (χ1) is 14.7. The third kappa shape index (κ3) is 7.73. The van der Waals surface area contributed by atoms with Crippen LogP contribution in [0.15, 0.2) is 18.2 Å². The van der Waals surface area contributed by atoms with Crippen molar-refractivity contribution in [3.8, 4) is 5.75 Å². The van der Waals surface area contributed by atoms with E-state index in [1.165, 1.54) is 11.0 Å². The molecule has 0 radical (unpaired) electrons. The number of ether oxygens (including phenoxy) is 1. The molecular formula is C24H39N3O5. The Labute approximate surface area is 191 Å². The molecule has 3 amide bonds. The lowest BCUT2D eigenvalue weighted by Gasteiger charge is -2.35. The van der Waals surface area contributed by atoms with E-state index in [1.54, 1.807) is 46.8 Å². The number of aryl methyl sites for hydroxylation is 1. The number of carbonyl (C=O) groups is 3. The van der Waals surface area contributed by atoms with Crippen LogP contribution in [0.5, 0.6) is 5.75 Å². The van der Waals surface area contributed by atoms with Crippen molar-refractivity contribution in [2.24, 2.45) is 5.92 Å². The van der Waals surface area contributed by atoms with Crippen LogP contribution >= 0.6 is 0 Å². The molecule has 0 heterocycles. The average Bonchev–Trinajstić information content (AvgIpc) is 2.63. The van der Waals surface area contributed by atoms with Crippen molar-refractivity contribution in [3.05, 3.63) is 29.3 Å². The minimum absolute atomic E-state index is 0.109. The highest BCUT2D eigenvalue weighted by molar-refractivity contribution is 5.92. The van der Waals surface area contributed by atoms with E-state index in [2.05, 4.69) is 10.6 Å². The molecule has 0 bridgehead atoms. The number of hydrogen-bond acceptors (Lipinski definition) is 5. The summed E-state index contributed by atoms with van der Waals surface area (Å²) in [6, 6.07) is 2.92. The van der Waals surface area contributed by atoms with Crippen LogP contribution in [0.3, 0.4) is 0 Å². The number of nitrogens with one attached hydrogen (secondary N) is 2. The fourth-order valence-corrected chi connectivity index (χ4v) is 3.28. The average molecular weight is 450 g/mol. The van der Waals surface area contributed by atoms with E-state index in [0.29, 0.717) is 11.1 Å². The van der Waals surface area contributed by atoms with Crippen molar-refractivity contribution in [1.29, 1.82) is 0 Å². The molecule has 8 nitrogen and oxygen atoms in total. The van der Waals surface area contributed by atoms with Crippen LogP contribution in [0, 0.1) is 12.8 Å². The summed E-state index contributed by atoms with van der Waals surface area (Å²) in [5.41, 5.74) is 0.469. The molecule has 0 saturated carbocycles. The molecule has 2 atom stereocenters. The van der Waals surface area contributed by atoms with Crippen molar-refractivity contribution < 1.29 is 24.2 Å². The standard InChI is InChI=1S/C24H39N3O5/c1-10-27(22(30)19(14(2)3)26-23(31)32-24(7,8)9)20(21(29)25-15(4)5)17-11-12-18(28)16(6)13-17/h11-15,19-20,28H,10H2,1-9H3,(H,25,29)(H,26,31). The van der Waals surface area contributed by atoms with Crippen molar-refractivity contribution in [3.63, 3.8) is 0 Å². The fourth-order valence-electron chi connectivity index (χ4n) is 3.28. The summed E-state index contributed by atoms with van der Waals surface area (Å²) in [5, 5.41) is 15.5. The molecule has 0 aromatic heterocycles. The van der Waals surface area contributed by atoms with E-state index in [1.807, 2.05) is 27.7 Å². The molecule has 0 aliphatic rings. The van der Waals surface area contributed by atoms with Crippen LogP contribution in [-0.4, -0.2) is 52.1 Å². The molecule has 3 N–H and O–H groups in total. The number of benzene rings is 1. The Kier molecular flexibility index (Phi) is 9.54. The summed E-state index contributed by atoms with van der Waals surface area (Å²) in [4.78, 5) is 40.6. The smallest absolute Gasteiger partial charge is 0.408 e. The lowest BCUT2D eigenvalue weighted by Crippen LogP contribution is -2.55. The number of hydrogen-bond donors (Lipinski definition) is 3. The maximum Gasteiger partial charge on any atom is 0.408 e. The lowest BCUT2D eigenvalue weighted by molar-refractivity contribution is -0.143. The second-order valence-electron chi connectivity index (χ2n) is 9.60. The van der Waals surface area contributed by atoms with Crippen LogP contribution in [0.2, 0.25) is 0 Å². The number of phenols is 1. The Morgan fingerprint density at radius 2 is 1.69 bits per heavy atom. The van der Waals surface area contributed by atoms with Gasteiger partial charge >= 0.3 is 6.09 Å². The predicted octanol–water partition coefficient (Wildman–Crippen LogP) is 3.66. The summed E-state index contributed by atoms with van der Waals surface area (Å²) in [5.74, 6) is -0.847. The van der Waals surface area contributed by atoms with Crippen molar-refractivity contribution >= 4 is 17.9 Å². The Morgan fingerprint density at radius 1 is 1.09 bits per heavy atom. The minimum Gasteiger partial charge on any atom is -0.508 e. The molecule has 0 aliphatic carbocycles. The fraction of sp³-hybridized carbons (Fsp3) is 0.625. The van der Waals surface area contributed by atoms with Crippen LogP contribution in [0.25, 0.3) is 0 Å². The molecule has 0 aliphatic heterocycles. The van der Waals surface area contributed by atoms with E-state index < -0.39 is 23.8 Å². The number of nitrogens with zero attached hydrogens (tertiary/aromatic N) is 1. The number of amides is 3. The van der Waals surface area contributed by atoms with Crippen LogP contribution in [-0.2, 0) is 14.3 Å². The molecular weight excluding hydrogens is 410 g/mol. The molecule has 1 rings (SSSR count). The van der Waals surface area contributed by atoms with Gasteiger partial charge in [-0.2, -0.15) is 0 Å². The molecule has 0 fully saturated rings. The van der Waals surface area contributed by atoms with E-state index >= 15 is 0 Å². The SMILES string of the molecule is CCN(C(=O)C(NC(=O)OC(C)(C)C)C(C)C)C(C(=O)NC(C)C)c1ccc(O)c(C)c1. The van der Waals surface area contributed by atoms with Crippen LogP contribution < -0.4 is 10.6 Å². The Balaban J connectivity index is 3.37. The largest absolute Gasteiger partial charge is 0.508 e. The number of phenolic OH excluding ortho intramolecular Hbond substituents is 1. The van der Waals surface area contributed by atoms with Gasteiger partial charge in [-0.25, -0.2) is 4.79 Å². The second kappa shape index (κ2) is 11.2. The summed E-state index contributed by atoms with van der Waals surface area (Å²) in [6.07, 6.45) is -0.690. The summed E-state index contributed by atoms with van der Waals surface area (Å²) in [7, 11) is 0. The van der Waals surface area contributed by atoms with E-state index in [0.717, 1.165) is 0 Å². The molecule has 1 aromatic carbocycles. The highest BCUT2D eigenvalue weighted by Gasteiger charge is 2.37. The Bertz CT molecular complexity index is 814. The van der Waals surface area contributed by atoms with Gasteiger partial charge in [-0.1, -0.05) is 19.9 Å². The number of carbonyl (C=O) groups excluding carboxylic acids is 3. The van der Waals surface area contributed by atoms with Crippen LogP contribution in [0.4, 0.5) is 4.79 Å². The first-order valence-electron chi connectivity index (χ1n) is 11.1. The van der Waals surface area contributed by atoms with E-state index in [9.17, 15) is 19.5 Å². The summed E-state index contributed by atoms with van der Waals surface area (Å²) in [6.45, 7) is 16.3. The maximum absolute atomic E-state index is 13.6. The van der Waals surface area contributed by atoms with Gasteiger partial charge in [-0.3, -0.25) is 9.59 Å². The third-order valence-electron chi connectivity index (χ3n) is 4.76. The van der Waals surface area contributed by atoms with Crippen molar-refractivity contribution in [2.75, 3.05) is 6.54 Å². The maximum atomic E-state index is 13.6. The first kappa shape index (κ1) is 27.3. The van der Waals surface area contributed by atoms with E-state index in [-0.39, 0.29) is 36.1 Å². The van der Waals surface area contributed by atoms with Gasteiger partial charge in [0.25, 0.3) is 0 Å². The quantitative estimate of drug-likeness (QED) is 0.561. The number of alkyl carbamates (subject to hydrolysis) is 1. The number of rotatable bonds is 8. The second-order valence-corrected chi connectivity index (χ2v) is 9.60. The highest BCUT2D eigenvalue weighted by atomic mass is 16.6. The molecule has 0 saturated heterocycles. The predicted molar refractivity (Wildman–Crippen MR) is 124 cm³/mol. The van der Waals surface area contributed by atoms with Gasteiger partial charge in [0.05, 0.1) is 0 Å². The molecule has 1 aromatic rings. The Hall–Kier alpha value is -2.77. The Morgan fingerprint density at radius 3 is 2.12 bits per heavy atom.